The van der Waals surface area contributed by atoms with Gasteiger partial charge in [0.05, 0.1) is 33.8 Å². The van der Waals surface area contributed by atoms with Crippen LogP contribution in [0.3, 0.4) is 0 Å². The first-order valence-corrected chi connectivity index (χ1v) is 16.6. The maximum absolute atomic E-state index is 13.8. The summed E-state index contributed by atoms with van der Waals surface area (Å²) in [4.78, 5) is 55.9. The minimum atomic E-state index is -1.87. The third-order valence-electron chi connectivity index (χ3n) is 7.66. The van der Waals surface area contributed by atoms with Crippen molar-refractivity contribution in [2.45, 2.75) is 71.0 Å². The number of phenolic OH excluding ortho intramolecular Hbond substituents is 1. The number of carbonyl (C=O) groups is 3. The Balaban J connectivity index is 1.40. The highest BCUT2D eigenvalue weighted by atomic mass is 33.1. The van der Waals surface area contributed by atoms with Gasteiger partial charge in [-0.15, -0.1) is 0 Å². The smallest absolute Gasteiger partial charge is 0.508 e. The van der Waals surface area contributed by atoms with Gasteiger partial charge in [0.25, 0.3) is 5.56 Å². The largest absolute Gasteiger partial charge is 0.509 e. The van der Waals surface area contributed by atoms with Crippen LogP contribution in [0.2, 0.25) is 0 Å². The number of benzene rings is 1. The van der Waals surface area contributed by atoms with Crippen LogP contribution in [0.25, 0.3) is 22.3 Å². The SMILES string of the molecule is CCc1c2c(nc3ccc(O)cc13)-c1cc3c(c(=O)n1C2)COC(=O)[C@@]3(CC)OC(=O)OCCSSC(C)(C)COC(C)=O. The highest BCUT2D eigenvalue weighted by Gasteiger charge is 2.51. The third kappa shape index (κ3) is 5.86. The van der Waals surface area contributed by atoms with Crippen LogP contribution in [0.5, 0.6) is 5.75 Å². The molecule has 2 aliphatic heterocycles. The standard InChI is InChI=1S/C31H34N2O9S2/c1-6-19-20-12-18(35)8-9-24(20)32-26-21(19)14-33-25(26)13-23-22(27(33)36)15-40-28(37)31(23,7-2)42-29(38)39-10-11-43-44-30(4,5)16-41-17(3)34/h8-9,12-13,35H,6-7,10-11,14-16H2,1-5H3/t31-/m0/s1. The lowest BCUT2D eigenvalue weighted by molar-refractivity contribution is -0.175. The topological polar surface area (TPSA) is 143 Å². The number of nitrogens with zero attached hydrogens (tertiary/aromatic N) is 2. The van der Waals surface area contributed by atoms with Gasteiger partial charge in [-0.1, -0.05) is 35.4 Å². The van der Waals surface area contributed by atoms with E-state index in [0.29, 0.717) is 29.1 Å². The normalized spacial score (nSPS) is 17.0. The van der Waals surface area contributed by atoms with Crippen LogP contribution in [0.4, 0.5) is 4.79 Å². The summed E-state index contributed by atoms with van der Waals surface area (Å²) in [5.41, 5.74) is 1.92. The van der Waals surface area contributed by atoms with E-state index >= 15 is 0 Å². The third-order valence-corrected chi connectivity index (χ3v) is 10.9. The number of aromatic nitrogens is 2. The lowest BCUT2D eigenvalue weighted by Gasteiger charge is -2.35. The van der Waals surface area contributed by atoms with Gasteiger partial charge in [0.15, 0.2) is 0 Å². The van der Waals surface area contributed by atoms with Crippen molar-refractivity contribution >= 4 is 50.6 Å². The molecule has 13 heteroatoms. The Morgan fingerprint density at radius 1 is 1.16 bits per heavy atom. The number of cyclic esters (lactones) is 1. The van der Waals surface area contributed by atoms with E-state index in [0.717, 1.165) is 16.5 Å². The summed E-state index contributed by atoms with van der Waals surface area (Å²) in [5, 5.41) is 10.9. The predicted molar refractivity (Wildman–Crippen MR) is 167 cm³/mol. The molecule has 1 atom stereocenters. The van der Waals surface area contributed by atoms with E-state index in [1.54, 1.807) is 35.8 Å². The molecule has 0 saturated carbocycles. The van der Waals surface area contributed by atoms with Crippen molar-refractivity contribution < 1.29 is 38.4 Å². The molecule has 1 N–H and O–H groups in total. The molecule has 2 aliphatic rings. The summed E-state index contributed by atoms with van der Waals surface area (Å²) in [6.07, 6.45) is -0.383. The number of esters is 2. The molecule has 0 saturated heterocycles. The van der Waals surface area contributed by atoms with Crippen LogP contribution in [0.15, 0.2) is 29.1 Å². The highest BCUT2D eigenvalue weighted by molar-refractivity contribution is 8.77. The fourth-order valence-corrected chi connectivity index (χ4v) is 7.76. The molecule has 0 bridgehead atoms. The predicted octanol–water partition coefficient (Wildman–Crippen LogP) is 5.23. The van der Waals surface area contributed by atoms with Crippen LogP contribution in [0.1, 0.15) is 63.3 Å². The van der Waals surface area contributed by atoms with Crippen LogP contribution in [-0.4, -0.2) is 56.5 Å². The van der Waals surface area contributed by atoms with Gasteiger partial charge in [-0.05, 0) is 56.5 Å². The first-order chi connectivity index (χ1) is 20.9. The maximum atomic E-state index is 13.8. The average Bonchev–Trinajstić information content (AvgIpc) is 3.35. The fraction of sp³-hybridized carbons (Fsp3) is 0.452. The van der Waals surface area contributed by atoms with Gasteiger partial charge in [-0.3, -0.25) is 9.59 Å². The summed E-state index contributed by atoms with van der Waals surface area (Å²) < 4.78 is 22.8. The van der Waals surface area contributed by atoms with Crippen molar-refractivity contribution in [3.63, 3.8) is 0 Å². The van der Waals surface area contributed by atoms with Crippen LogP contribution >= 0.6 is 21.6 Å². The van der Waals surface area contributed by atoms with Gasteiger partial charge in [0.2, 0.25) is 5.60 Å². The molecule has 2 aromatic heterocycles. The Morgan fingerprint density at radius 3 is 2.64 bits per heavy atom. The van der Waals surface area contributed by atoms with Gasteiger partial charge in [-0.25, -0.2) is 14.6 Å². The fourth-order valence-electron chi connectivity index (χ4n) is 5.54. The van der Waals surface area contributed by atoms with Crippen molar-refractivity contribution in [3.05, 3.63) is 56.9 Å². The Bertz CT molecular complexity index is 1720. The molecule has 0 amide bonds. The van der Waals surface area contributed by atoms with E-state index in [9.17, 15) is 24.3 Å². The second-order valence-electron chi connectivity index (χ2n) is 11.2. The Hall–Kier alpha value is -3.71. The Morgan fingerprint density at radius 2 is 1.93 bits per heavy atom. The quantitative estimate of drug-likeness (QED) is 0.105. The zero-order chi connectivity index (χ0) is 31.8. The van der Waals surface area contributed by atoms with Crippen molar-refractivity contribution in [1.29, 1.82) is 0 Å². The molecule has 5 rings (SSSR count). The zero-order valence-corrected chi connectivity index (χ0v) is 26.8. The number of rotatable bonds is 10. The first-order valence-electron chi connectivity index (χ1n) is 14.3. The first kappa shape index (κ1) is 31.7. The second kappa shape index (κ2) is 12.4. The molecule has 4 heterocycles. The number of fused-ring (bicyclic) bond motifs is 5. The summed E-state index contributed by atoms with van der Waals surface area (Å²) in [6.45, 7) is 9.19. The number of hydrogen-bond donors (Lipinski definition) is 1. The average molecular weight is 643 g/mol. The number of hydrogen-bond acceptors (Lipinski definition) is 12. The van der Waals surface area contributed by atoms with Crippen LogP contribution in [0, 0.1) is 0 Å². The number of aryl methyl sites for hydroxylation is 1. The van der Waals surface area contributed by atoms with Crippen molar-refractivity contribution in [2.75, 3.05) is 19.0 Å². The molecule has 0 unspecified atom stereocenters. The molecule has 0 aliphatic carbocycles. The summed E-state index contributed by atoms with van der Waals surface area (Å²) >= 11 is 0. The number of pyridine rings is 2. The lowest BCUT2D eigenvalue weighted by atomic mass is 9.85. The molecule has 0 spiro atoms. The second-order valence-corrected chi connectivity index (χ2v) is 14.3. The molecule has 44 heavy (non-hydrogen) atoms. The highest BCUT2D eigenvalue weighted by Crippen LogP contribution is 2.42. The van der Waals surface area contributed by atoms with Crippen molar-refractivity contribution in [2.24, 2.45) is 0 Å². The summed E-state index contributed by atoms with van der Waals surface area (Å²) in [6, 6.07) is 6.67. The van der Waals surface area contributed by atoms with Crippen molar-refractivity contribution in [3.8, 4) is 17.1 Å². The van der Waals surface area contributed by atoms with Gasteiger partial charge in [-0.2, -0.15) is 0 Å². The van der Waals surface area contributed by atoms with Gasteiger partial charge in [0.1, 0.15) is 25.6 Å². The minimum absolute atomic E-state index is 0.00834. The molecule has 11 nitrogen and oxygen atoms in total. The molecule has 1 aromatic carbocycles. The zero-order valence-electron chi connectivity index (χ0n) is 25.2. The molecule has 234 valence electrons. The Kier molecular flexibility index (Phi) is 8.90. The van der Waals surface area contributed by atoms with Gasteiger partial charge >= 0.3 is 18.1 Å². The summed E-state index contributed by atoms with van der Waals surface area (Å²) in [7, 11) is 2.94. The lowest BCUT2D eigenvalue weighted by Crippen LogP contribution is -2.47. The number of ether oxygens (including phenoxy) is 4. The van der Waals surface area contributed by atoms with Crippen LogP contribution in [-0.2, 0) is 53.7 Å². The molecule has 0 radical (unpaired) electrons. The van der Waals surface area contributed by atoms with E-state index < -0.39 is 17.7 Å². The number of phenols is 1. The van der Waals surface area contributed by atoms with Gasteiger partial charge in [0, 0.05) is 29.2 Å². The van der Waals surface area contributed by atoms with E-state index in [1.165, 1.54) is 28.5 Å². The number of carbonyl (C=O) groups excluding carboxylic acids is 3. The molecule has 0 fully saturated rings. The van der Waals surface area contributed by atoms with E-state index in [4.69, 9.17) is 23.9 Å². The Labute approximate surface area is 262 Å². The van der Waals surface area contributed by atoms with E-state index in [2.05, 4.69) is 0 Å². The van der Waals surface area contributed by atoms with E-state index in [1.807, 2.05) is 20.8 Å². The molecular formula is C31H34N2O9S2. The monoisotopic (exact) mass is 642 g/mol. The minimum Gasteiger partial charge on any atom is -0.508 e. The van der Waals surface area contributed by atoms with Crippen LogP contribution < -0.4 is 5.56 Å². The van der Waals surface area contributed by atoms with Crippen molar-refractivity contribution in [1.82, 2.24) is 9.55 Å². The van der Waals surface area contributed by atoms with Gasteiger partial charge < -0.3 is 28.6 Å². The number of aromatic hydroxyl groups is 1. The molecule has 3 aromatic rings. The molecular weight excluding hydrogens is 608 g/mol. The maximum Gasteiger partial charge on any atom is 0.509 e. The van der Waals surface area contributed by atoms with E-state index in [-0.39, 0.29) is 65.9 Å². The summed E-state index contributed by atoms with van der Waals surface area (Å²) in [5.74, 6) is -0.576.